The quantitative estimate of drug-likeness (QED) is 0.672. The molecule has 0 amide bonds. The van der Waals surface area contributed by atoms with Gasteiger partial charge in [0.05, 0.1) is 5.69 Å². The molecule has 72 valence electrons. The van der Waals surface area contributed by atoms with E-state index < -0.39 is 6.43 Å². The predicted octanol–water partition coefficient (Wildman–Crippen LogP) is 2.39. The highest BCUT2D eigenvalue weighted by molar-refractivity contribution is 14.1. The molecule has 0 aromatic carbocycles. The van der Waals surface area contributed by atoms with Crippen LogP contribution in [0.2, 0.25) is 0 Å². The molecule has 0 saturated heterocycles. The minimum Gasteiger partial charge on any atom is -0.325 e. The summed E-state index contributed by atoms with van der Waals surface area (Å²) in [6, 6.07) is 1.36. The highest BCUT2D eigenvalue weighted by Crippen LogP contribution is 2.25. The number of nitrogens with zero attached hydrogens (tertiary/aromatic N) is 1. The van der Waals surface area contributed by atoms with Crippen LogP contribution in [0.4, 0.5) is 8.78 Å². The molecule has 0 aliphatic rings. The van der Waals surface area contributed by atoms with Gasteiger partial charge in [-0.05, 0) is 41.1 Å². The minimum absolute atomic E-state index is 0.0276. The Morgan fingerprint density at radius 1 is 1.62 bits per heavy atom. The topological polar surface area (TPSA) is 38.9 Å². The average Bonchev–Trinajstić information content (AvgIpc) is 2.09. The number of nitrogens with two attached hydrogens (primary N) is 1. The average molecular weight is 298 g/mol. The molecule has 0 spiro atoms. The van der Waals surface area contributed by atoms with Crippen LogP contribution in [-0.2, 0) is 6.54 Å². The lowest BCUT2D eigenvalue weighted by Crippen LogP contribution is -2.05. The number of aromatic nitrogens is 1. The van der Waals surface area contributed by atoms with Crippen LogP contribution in [0.1, 0.15) is 23.2 Å². The summed E-state index contributed by atoms with van der Waals surface area (Å²) in [5.41, 5.74) is 6.39. The molecule has 0 saturated carbocycles. The Balaban J connectivity index is 3.25. The normalized spacial score (nSPS) is 10.9. The maximum absolute atomic E-state index is 12.5. The van der Waals surface area contributed by atoms with Crippen molar-refractivity contribution in [2.75, 3.05) is 0 Å². The van der Waals surface area contributed by atoms with Gasteiger partial charge in [0.1, 0.15) is 3.70 Å². The smallest absolute Gasteiger partial charge is 0.264 e. The molecule has 1 heterocycles. The summed E-state index contributed by atoms with van der Waals surface area (Å²) in [5, 5.41) is 0. The van der Waals surface area contributed by atoms with Crippen molar-refractivity contribution in [2.45, 2.75) is 19.9 Å². The van der Waals surface area contributed by atoms with Gasteiger partial charge in [0, 0.05) is 12.1 Å². The van der Waals surface area contributed by atoms with Crippen LogP contribution in [0.15, 0.2) is 6.07 Å². The standard InChI is InChI=1S/C8H9F2IN2/c1-4-6(7(9)10)2-5(3-12)13-8(4)11/h2,7H,3,12H2,1H3. The van der Waals surface area contributed by atoms with Gasteiger partial charge < -0.3 is 5.73 Å². The van der Waals surface area contributed by atoms with Crippen molar-refractivity contribution in [3.63, 3.8) is 0 Å². The Morgan fingerprint density at radius 3 is 2.69 bits per heavy atom. The zero-order valence-electron chi connectivity index (χ0n) is 7.02. The molecule has 2 N–H and O–H groups in total. The van der Waals surface area contributed by atoms with E-state index in [1.165, 1.54) is 6.07 Å². The maximum atomic E-state index is 12.5. The molecule has 0 atom stereocenters. The Hall–Kier alpha value is -0.300. The van der Waals surface area contributed by atoms with Crippen LogP contribution in [-0.4, -0.2) is 4.98 Å². The first kappa shape index (κ1) is 10.8. The second-order valence-electron chi connectivity index (χ2n) is 2.62. The lowest BCUT2D eigenvalue weighted by Gasteiger charge is -2.08. The zero-order chi connectivity index (χ0) is 10.0. The first-order valence-corrected chi connectivity index (χ1v) is 4.78. The van der Waals surface area contributed by atoms with Crippen molar-refractivity contribution in [3.8, 4) is 0 Å². The molecular formula is C8H9F2IN2. The largest absolute Gasteiger partial charge is 0.325 e. The van der Waals surface area contributed by atoms with E-state index in [-0.39, 0.29) is 12.1 Å². The summed E-state index contributed by atoms with van der Waals surface area (Å²) in [7, 11) is 0. The van der Waals surface area contributed by atoms with Crippen LogP contribution in [0.3, 0.4) is 0 Å². The molecule has 0 aliphatic heterocycles. The van der Waals surface area contributed by atoms with Crippen molar-refractivity contribution in [3.05, 3.63) is 26.6 Å². The molecule has 2 nitrogen and oxygen atoms in total. The van der Waals surface area contributed by atoms with Gasteiger partial charge in [-0.2, -0.15) is 0 Å². The fourth-order valence-corrected chi connectivity index (χ4v) is 1.60. The van der Waals surface area contributed by atoms with Crippen molar-refractivity contribution in [1.29, 1.82) is 0 Å². The summed E-state index contributed by atoms with van der Waals surface area (Å²) in [6.45, 7) is 1.83. The fourth-order valence-electron chi connectivity index (χ4n) is 0.980. The van der Waals surface area contributed by atoms with Crippen LogP contribution in [0, 0.1) is 10.6 Å². The molecule has 13 heavy (non-hydrogen) atoms. The van der Waals surface area contributed by atoms with Gasteiger partial charge >= 0.3 is 0 Å². The fraction of sp³-hybridized carbons (Fsp3) is 0.375. The number of hydrogen-bond acceptors (Lipinski definition) is 2. The van der Waals surface area contributed by atoms with Gasteiger partial charge in [-0.25, -0.2) is 13.8 Å². The van der Waals surface area contributed by atoms with E-state index >= 15 is 0 Å². The second-order valence-corrected chi connectivity index (χ2v) is 3.65. The lowest BCUT2D eigenvalue weighted by atomic mass is 10.1. The maximum Gasteiger partial charge on any atom is 0.264 e. The third-order valence-electron chi connectivity index (χ3n) is 1.75. The summed E-state index contributed by atoms with van der Waals surface area (Å²) in [4.78, 5) is 4.06. The van der Waals surface area contributed by atoms with Crippen molar-refractivity contribution < 1.29 is 8.78 Å². The Kier molecular flexibility index (Phi) is 3.55. The predicted molar refractivity (Wildman–Crippen MR) is 54.5 cm³/mol. The Labute approximate surface area is 88.7 Å². The van der Waals surface area contributed by atoms with Crippen molar-refractivity contribution in [2.24, 2.45) is 5.73 Å². The molecule has 0 aliphatic carbocycles. The van der Waals surface area contributed by atoms with Gasteiger partial charge in [0.2, 0.25) is 0 Å². The van der Waals surface area contributed by atoms with Gasteiger partial charge in [-0.1, -0.05) is 0 Å². The summed E-state index contributed by atoms with van der Waals surface area (Å²) in [6.07, 6.45) is -2.46. The van der Waals surface area contributed by atoms with Gasteiger partial charge in [0.25, 0.3) is 6.43 Å². The van der Waals surface area contributed by atoms with Crippen LogP contribution in [0.5, 0.6) is 0 Å². The number of alkyl halides is 2. The van der Waals surface area contributed by atoms with Gasteiger partial charge in [-0.15, -0.1) is 0 Å². The van der Waals surface area contributed by atoms with Crippen molar-refractivity contribution in [1.82, 2.24) is 4.98 Å². The van der Waals surface area contributed by atoms with E-state index in [0.717, 1.165) is 0 Å². The zero-order valence-corrected chi connectivity index (χ0v) is 9.18. The number of hydrogen-bond donors (Lipinski definition) is 1. The summed E-state index contributed by atoms with van der Waals surface area (Å²) < 4.78 is 25.5. The highest BCUT2D eigenvalue weighted by atomic mass is 127. The number of rotatable bonds is 2. The molecular weight excluding hydrogens is 289 g/mol. The summed E-state index contributed by atoms with van der Waals surface area (Å²) in [5.74, 6) is 0. The van der Waals surface area contributed by atoms with E-state index in [4.69, 9.17) is 5.73 Å². The van der Waals surface area contributed by atoms with E-state index in [1.54, 1.807) is 6.92 Å². The molecule has 0 bridgehead atoms. The van der Waals surface area contributed by atoms with Crippen LogP contribution in [0.25, 0.3) is 0 Å². The third-order valence-corrected chi connectivity index (χ3v) is 2.80. The SMILES string of the molecule is Cc1c(C(F)F)cc(CN)nc1I. The number of halogens is 3. The van der Waals surface area contributed by atoms with Gasteiger partial charge in [0.15, 0.2) is 0 Å². The molecule has 5 heteroatoms. The van der Waals surface area contributed by atoms with E-state index in [2.05, 4.69) is 4.98 Å². The molecule has 1 rings (SSSR count). The highest BCUT2D eigenvalue weighted by Gasteiger charge is 2.14. The molecule has 0 fully saturated rings. The monoisotopic (exact) mass is 298 g/mol. The van der Waals surface area contributed by atoms with E-state index in [1.807, 2.05) is 22.6 Å². The molecule has 0 unspecified atom stereocenters. The molecule has 0 radical (unpaired) electrons. The second kappa shape index (κ2) is 4.28. The molecule has 1 aromatic heterocycles. The third kappa shape index (κ3) is 2.34. The lowest BCUT2D eigenvalue weighted by molar-refractivity contribution is 0.150. The Morgan fingerprint density at radius 2 is 2.23 bits per heavy atom. The van der Waals surface area contributed by atoms with E-state index in [0.29, 0.717) is 15.0 Å². The minimum atomic E-state index is -2.46. The van der Waals surface area contributed by atoms with Crippen molar-refractivity contribution >= 4 is 22.6 Å². The van der Waals surface area contributed by atoms with Crippen LogP contribution < -0.4 is 5.73 Å². The Bertz CT molecular complexity index is 315. The number of pyridine rings is 1. The van der Waals surface area contributed by atoms with Crippen LogP contribution >= 0.6 is 22.6 Å². The first-order valence-electron chi connectivity index (χ1n) is 3.70. The van der Waals surface area contributed by atoms with Gasteiger partial charge in [-0.3, -0.25) is 0 Å². The first-order chi connectivity index (χ1) is 6.06. The summed E-state index contributed by atoms with van der Waals surface area (Å²) >= 11 is 1.93. The van der Waals surface area contributed by atoms with E-state index in [9.17, 15) is 8.78 Å². The molecule has 1 aromatic rings.